The number of alkyl halides is 2. The molecule has 1 aliphatic carbocycles. The number of methoxy groups -OCH3 is 1. The number of likely N-dealkylation sites (N-methyl/N-ethyl adjacent to an activating group) is 3. The van der Waals surface area contributed by atoms with Gasteiger partial charge in [-0.1, -0.05) is 0 Å². The summed E-state index contributed by atoms with van der Waals surface area (Å²) in [6.07, 6.45) is 5.85. The SMILES string of the molecule is CCn1c2c3c4cc(ccc41)-c1csc(n1)CC1([I-]C1C(=O)[C@H](C(C)C)N(C)C(=O)N(C)C1CN(C(=O)/C=C/CN(C)C)C1)C(=O)N1CCC[C@@]([Si])(N1)C(=O)OCC(C)(C)C3[C@H](OC)c1ncccc1-2. The van der Waals surface area contributed by atoms with Crippen molar-refractivity contribution in [1.82, 2.24) is 44.6 Å². The molecule has 3 saturated heterocycles. The summed E-state index contributed by atoms with van der Waals surface area (Å²) in [6, 6.07) is 9.20. The Morgan fingerprint density at radius 2 is 1.89 bits per heavy atom. The Hall–Kier alpha value is -4.54. The van der Waals surface area contributed by atoms with Gasteiger partial charge in [0.05, 0.1) is 0 Å². The quantitative estimate of drug-likeness (QED) is 0.0812. The van der Waals surface area contributed by atoms with Gasteiger partial charge in [0.1, 0.15) is 0 Å². The number of hydrazine groups is 1. The fourth-order valence-corrected chi connectivity index (χ4v) is 16.1. The number of aryl methyl sites for hydroxylation is 1. The number of amides is 4. The maximum absolute atomic E-state index is 15.3. The van der Waals surface area contributed by atoms with E-state index in [4.69, 9.17) is 19.4 Å². The van der Waals surface area contributed by atoms with Crippen molar-refractivity contribution < 1.29 is 54.7 Å². The van der Waals surface area contributed by atoms with Crippen molar-refractivity contribution in [3.63, 3.8) is 0 Å². The molecule has 3 aromatic heterocycles. The van der Waals surface area contributed by atoms with Crippen LogP contribution in [0.15, 0.2) is 54.1 Å². The van der Waals surface area contributed by atoms with Crippen LogP contribution in [-0.4, -0.2) is 172 Å². The van der Waals surface area contributed by atoms with Crippen LogP contribution >= 0.6 is 11.3 Å². The average Bonchev–Trinajstić information content (AvgIpc) is 3.68. The number of likely N-dealkylation sites (tertiary alicyclic amines) is 1. The Balaban J connectivity index is 1.06. The van der Waals surface area contributed by atoms with Gasteiger partial charge in [-0.2, -0.15) is 0 Å². The van der Waals surface area contributed by atoms with Crippen LogP contribution in [0.2, 0.25) is 0 Å². The molecule has 3 radical (unpaired) electrons. The second-order valence-corrected chi connectivity index (χ2v) is 26.3. The van der Waals surface area contributed by atoms with E-state index in [-0.39, 0.29) is 54.5 Å². The summed E-state index contributed by atoms with van der Waals surface area (Å²) >= 11 is 0.382. The monoisotopic (exact) mass is 1100 g/mol. The summed E-state index contributed by atoms with van der Waals surface area (Å²) in [5.74, 6) is -1.58. The molecular formula is C51H64IN9O7SSi-. The van der Waals surface area contributed by atoms with E-state index in [1.807, 2.05) is 50.4 Å². The number of aromatic nitrogens is 3. The molecule has 5 aliphatic rings. The molecule has 4 aromatic rings. The van der Waals surface area contributed by atoms with Crippen LogP contribution in [0, 0.1) is 11.3 Å². The summed E-state index contributed by atoms with van der Waals surface area (Å²) in [4.78, 5) is 88.8. The van der Waals surface area contributed by atoms with E-state index in [1.165, 1.54) is 21.2 Å². The van der Waals surface area contributed by atoms with Crippen LogP contribution < -0.4 is 26.6 Å². The first-order valence-electron chi connectivity index (χ1n) is 24.1. The third-order valence-corrected chi connectivity index (χ3v) is 20.5. The molecule has 1 spiro atoms. The van der Waals surface area contributed by atoms with Gasteiger partial charge in [0.25, 0.3) is 0 Å². The molecule has 0 saturated carbocycles. The predicted octanol–water partition coefficient (Wildman–Crippen LogP) is 1.86. The number of Topliss-reactive ketones (excluding diaryl/α,β-unsaturated/α-hetero) is 1. The van der Waals surface area contributed by atoms with Gasteiger partial charge in [-0.3, -0.25) is 4.98 Å². The van der Waals surface area contributed by atoms with Crippen molar-refractivity contribution in [2.45, 2.75) is 97.0 Å². The minimum absolute atomic E-state index is 0.0449. The molecular weight excluding hydrogens is 1040 g/mol. The van der Waals surface area contributed by atoms with E-state index >= 15 is 9.59 Å². The molecule has 4 aliphatic heterocycles. The van der Waals surface area contributed by atoms with Gasteiger partial charge >= 0.3 is 381 Å². The first-order valence-corrected chi connectivity index (χ1v) is 27.8. The fraction of sp³-hybridized carbons (Fsp3) is 0.549. The second-order valence-electron chi connectivity index (χ2n) is 20.7. The molecule has 1 N–H and O–H groups in total. The summed E-state index contributed by atoms with van der Waals surface area (Å²) in [6.45, 7) is 12.7. The molecule has 6 bridgehead atoms. The molecule has 70 heavy (non-hydrogen) atoms. The zero-order valence-electron chi connectivity index (χ0n) is 41.7. The van der Waals surface area contributed by atoms with E-state index in [0.717, 1.165) is 49.7 Å². The third-order valence-electron chi connectivity index (χ3n) is 14.8. The molecule has 6 atom stereocenters. The number of hydrogen-bond acceptors (Lipinski definition) is 12. The number of halogens is 1. The van der Waals surface area contributed by atoms with E-state index < -0.39 is 57.2 Å². The Labute approximate surface area is 428 Å². The fourth-order valence-electron chi connectivity index (χ4n) is 11.0. The number of nitrogens with one attached hydrogen (secondary N) is 1. The Kier molecular flexibility index (Phi) is 13.8. The van der Waals surface area contributed by atoms with Crippen molar-refractivity contribution in [1.29, 1.82) is 0 Å². The zero-order valence-corrected chi connectivity index (χ0v) is 45.7. The molecule has 19 heteroatoms. The van der Waals surface area contributed by atoms with Crippen molar-refractivity contribution in [3.05, 3.63) is 70.3 Å². The zero-order chi connectivity index (χ0) is 50.2. The van der Waals surface area contributed by atoms with E-state index in [2.05, 4.69) is 65.3 Å². The van der Waals surface area contributed by atoms with Crippen LogP contribution in [0.5, 0.6) is 0 Å². The van der Waals surface area contributed by atoms with Crippen LogP contribution in [-0.2, 0) is 41.6 Å². The molecule has 16 nitrogen and oxygen atoms in total. The number of nitrogens with zero attached hydrogens (tertiary/aromatic N) is 8. The van der Waals surface area contributed by atoms with Crippen molar-refractivity contribution >= 4 is 62.1 Å². The molecule has 4 amide bonds. The molecule has 9 rings (SSSR count). The number of carbonyl (C=O) groups is 5. The summed E-state index contributed by atoms with van der Waals surface area (Å²) in [5.41, 5.74) is 9.36. The van der Waals surface area contributed by atoms with Crippen molar-refractivity contribution in [2.75, 3.05) is 68.1 Å². The summed E-state index contributed by atoms with van der Waals surface area (Å²) in [7, 11) is 12.8. The van der Waals surface area contributed by atoms with Gasteiger partial charge in [0.15, 0.2) is 0 Å². The Morgan fingerprint density at radius 1 is 1.13 bits per heavy atom. The Bertz CT molecular complexity index is 2770. The molecule has 3 unspecified atom stereocenters. The standard InChI is InChI=1S/C51H64IN9O7SSi/c1-11-60-35-18-17-30-23-33(35)38-39(44(67-10)40-32(42(38)60)15-12-20-53-40)49(4,5)28-68-47(65)51(70)19-14-22-61(55-51)46(64)50(24-36-54-34(30)27-69-36)45(52-50)43(63)41(29(2)3)58(9)48(66)57(8)31-25-59(26-31)37(62)16-13-21-56(6)7/h12-13,15-18,20,23,27,29,31,39,41,44-45,55H,11,14,19,21-22,24-26,28H2,1-10H3/q-1/b16-13+/t39?,41-,44-,45?,50?,51-/m0/s1. The number of benzene rings is 1. The number of ketones is 1. The third kappa shape index (κ3) is 8.72. The van der Waals surface area contributed by atoms with Crippen LogP contribution in [0.4, 0.5) is 4.79 Å². The predicted molar refractivity (Wildman–Crippen MR) is 265 cm³/mol. The number of carbonyl (C=O) groups excluding carboxylic acids is 5. The van der Waals surface area contributed by atoms with Gasteiger partial charge in [-0.05, 0) is 20.2 Å². The molecule has 7 heterocycles. The molecule has 3 fully saturated rings. The molecule has 1 aromatic carbocycles. The number of esters is 1. The van der Waals surface area contributed by atoms with Crippen LogP contribution in [0.1, 0.15) is 75.7 Å². The number of cyclic esters (lactones) is 1. The first kappa shape index (κ1) is 50.4. The van der Waals surface area contributed by atoms with E-state index in [0.29, 0.717) is 45.6 Å². The number of pyridine rings is 1. The van der Waals surface area contributed by atoms with Crippen LogP contribution in [0.3, 0.4) is 0 Å². The number of rotatable bonds is 10. The molecule has 373 valence electrons. The average molecular weight is 1100 g/mol. The second kappa shape index (κ2) is 19.1. The van der Waals surface area contributed by atoms with Gasteiger partial charge < -0.3 is 4.90 Å². The van der Waals surface area contributed by atoms with Gasteiger partial charge in [-0.25, -0.2) is 0 Å². The normalized spacial score (nSPS) is 25.9. The van der Waals surface area contributed by atoms with Gasteiger partial charge in [0, 0.05) is 19.9 Å². The topological polar surface area (TPSA) is 163 Å². The number of hydrogen-bond donors (Lipinski definition) is 1. The van der Waals surface area contributed by atoms with Gasteiger partial charge in [-0.15, -0.1) is 0 Å². The van der Waals surface area contributed by atoms with Crippen molar-refractivity contribution in [3.8, 4) is 22.5 Å². The summed E-state index contributed by atoms with van der Waals surface area (Å²) in [5, 5.41) is 3.92. The number of urea groups is 1. The van der Waals surface area contributed by atoms with E-state index in [1.54, 1.807) is 43.3 Å². The van der Waals surface area contributed by atoms with Crippen molar-refractivity contribution in [2.24, 2.45) is 11.3 Å². The number of ether oxygens (including phenoxy) is 2. The summed E-state index contributed by atoms with van der Waals surface area (Å²) < 4.78 is 13.4. The Morgan fingerprint density at radius 3 is 2.59 bits per heavy atom. The number of thiazole rings is 1. The van der Waals surface area contributed by atoms with Crippen LogP contribution in [0.25, 0.3) is 33.4 Å². The number of fused-ring (bicyclic) bond motifs is 8. The first-order chi connectivity index (χ1) is 33.2. The van der Waals surface area contributed by atoms with E-state index in [9.17, 15) is 14.4 Å². The van der Waals surface area contributed by atoms with Gasteiger partial charge in [0.2, 0.25) is 0 Å². The minimum atomic E-state index is -1.42. The maximum atomic E-state index is 15.3.